The van der Waals surface area contributed by atoms with E-state index in [1.165, 1.54) is 6.21 Å². The number of hydrogen-bond acceptors (Lipinski definition) is 9. The van der Waals surface area contributed by atoms with Crippen molar-refractivity contribution < 1.29 is 38.1 Å². The van der Waals surface area contributed by atoms with E-state index in [4.69, 9.17) is 18.9 Å². The van der Waals surface area contributed by atoms with Crippen LogP contribution in [-0.2, 0) is 19.0 Å². The number of nitrogens with one attached hydrogen (secondary N) is 2. The zero-order valence-corrected chi connectivity index (χ0v) is 21.3. The summed E-state index contributed by atoms with van der Waals surface area (Å²) < 4.78 is 20.8. The van der Waals surface area contributed by atoms with E-state index >= 15 is 0 Å². The lowest BCUT2D eigenvalue weighted by atomic mass is 10.0. The van der Waals surface area contributed by atoms with E-state index in [1.807, 2.05) is 0 Å². The number of rotatable bonds is 11. The van der Waals surface area contributed by atoms with Crippen LogP contribution in [-0.4, -0.2) is 68.5 Å². The van der Waals surface area contributed by atoms with Crippen molar-refractivity contribution >= 4 is 30.0 Å². The molecular formula is C27H31N3O8. The third-order valence-electron chi connectivity index (χ3n) is 5.52. The van der Waals surface area contributed by atoms with Gasteiger partial charge in [0.1, 0.15) is 11.9 Å². The quantitative estimate of drug-likeness (QED) is 0.197. The number of benzene rings is 2. The molecule has 11 nitrogen and oxygen atoms in total. The number of hydrazone groups is 1. The Hall–Kier alpha value is -4.25. The molecule has 0 saturated carbocycles. The number of Topliss-reactive ketones (excluding diaryl/α,β-unsaturated/α-hetero) is 1. The molecule has 0 bridgehead atoms. The van der Waals surface area contributed by atoms with Gasteiger partial charge in [-0.25, -0.2) is 15.0 Å². The Kier molecular flexibility index (Phi) is 10.8. The molecule has 1 fully saturated rings. The molecule has 1 aliphatic heterocycles. The second-order valence-corrected chi connectivity index (χ2v) is 8.39. The first kappa shape index (κ1) is 28.3. The van der Waals surface area contributed by atoms with Crippen LogP contribution in [0.4, 0.5) is 4.79 Å². The number of ether oxygens (including phenoxy) is 4. The number of amides is 2. The third-order valence-corrected chi connectivity index (χ3v) is 5.52. The number of nitrogens with zero attached hydrogens (tertiary/aromatic N) is 1. The molecule has 11 heteroatoms. The van der Waals surface area contributed by atoms with Crippen LogP contribution in [0.1, 0.15) is 53.0 Å². The summed E-state index contributed by atoms with van der Waals surface area (Å²) in [6, 6.07) is 12.0. The van der Waals surface area contributed by atoms with Gasteiger partial charge in [-0.3, -0.25) is 9.59 Å². The standard InChI is InChI=1S/C27H31N3O8/c1-3-36-27(34)30-28-16-19-4-6-21(7-5-19)26(33)29-18(2)25(32)20-8-10-22(11-9-20)37-17-24(31)38-23-12-14-35-15-13-23/h4-11,16,18,23H,3,12-15,17H2,1-2H3,(H,29,33)(H,30,34)/t18-/m0/s1. The van der Waals surface area contributed by atoms with Gasteiger partial charge in [0, 0.05) is 24.0 Å². The van der Waals surface area contributed by atoms with Crippen LogP contribution >= 0.6 is 0 Å². The fraction of sp³-hybridized carbons (Fsp3) is 0.370. The number of esters is 1. The van der Waals surface area contributed by atoms with Crippen LogP contribution in [0.3, 0.4) is 0 Å². The van der Waals surface area contributed by atoms with Crippen LogP contribution in [0.25, 0.3) is 0 Å². The summed E-state index contributed by atoms with van der Waals surface area (Å²) in [5, 5.41) is 6.44. The molecule has 1 atom stereocenters. The molecule has 202 valence electrons. The molecule has 0 radical (unpaired) electrons. The van der Waals surface area contributed by atoms with Gasteiger partial charge < -0.3 is 24.3 Å². The van der Waals surface area contributed by atoms with Gasteiger partial charge in [0.2, 0.25) is 0 Å². The Labute approximate surface area is 220 Å². The molecule has 3 rings (SSSR count). The highest BCUT2D eigenvalue weighted by molar-refractivity contribution is 6.04. The normalized spacial score (nSPS) is 14.4. The molecule has 2 aromatic rings. The first-order valence-corrected chi connectivity index (χ1v) is 12.3. The smallest absolute Gasteiger partial charge is 0.427 e. The van der Waals surface area contributed by atoms with E-state index < -0.39 is 24.0 Å². The fourth-order valence-corrected chi connectivity index (χ4v) is 3.51. The van der Waals surface area contributed by atoms with Crippen molar-refractivity contribution in [2.24, 2.45) is 5.10 Å². The van der Waals surface area contributed by atoms with Crippen LogP contribution < -0.4 is 15.5 Å². The van der Waals surface area contributed by atoms with Crippen molar-refractivity contribution in [1.82, 2.24) is 10.7 Å². The number of carbonyl (C=O) groups excluding carboxylic acids is 4. The number of ketones is 1. The molecule has 0 aliphatic carbocycles. The average molecular weight is 526 g/mol. The molecule has 2 amide bonds. The monoisotopic (exact) mass is 525 g/mol. The molecule has 0 spiro atoms. The van der Waals surface area contributed by atoms with Gasteiger partial charge in [0.05, 0.1) is 32.1 Å². The molecule has 1 aliphatic rings. The van der Waals surface area contributed by atoms with Gasteiger partial charge in [0.25, 0.3) is 5.91 Å². The topological polar surface area (TPSA) is 142 Å². The lowest BCUT2D eigenvalue weighted by Crippen LogP contribution is -2.38. The summed E-state index contributed by atoms with van der Waals surface area (Å²) in [6.45, 7) is 4.44. The summed E-state index contributed by atoms with van der Waals surface area (Å²) in [4.78, 5) is 48.6. The fourth-order valence-electron chi connectivity index (χ4n) is 3.51. The first-order valence-electron chi connectivity index (χ1n) is 12.3. The minimum atomic E-state index is -0.779. The van der Waals surface area contributed by atoms with E-state index in [1.54, 1.807) is 62.4 Å². The average Bonchev–Trinajstić information content (AvgIpc) is 2.93. The highest BCUT2D eigenvalue weighted by atomic mass is 16.6. The van der Waals surface area contributed by atoms with Crippen molar-refractivity contribution in [3.05, 3.63) is 65.2 Å². The molecular weight excluding hydrogens is 494 g/mol. The minimum Gasteiger partial charge on any atom is -0.482 e. The lowest BCUT2D eigenvalue weighted by Gasteiger charge is -2.22. The predicted molar refractivity (Wildman–Crippen MR) is 137 cm³/mol. The molecule has 1 saturated heterocycles. The summed E-state index contributed by atoms with van der Waals surface area (Å²) in [6.07, 6.45) is 1.95. The van der Waals surface area contributed by atoms with E-state index in [2.05, 4.69) is 15.8 Å². The molecule has 1 heterocycles. The Morgan fingerprint density at radius 2 is 1.68 bits per heavy atom. The van der Waals surface area contributed by atoms with Crippen molar-refractivity contribution in [1.29, 1.82) is 0 Å². The van der Waals surface area contributed by atoms with E-state index in [9.17, 15) is 19.2 Å². The summed E-state index contributed by atoms with van der Waals surface area (Å²) in [7, 11) is 0. The van der Waals surface area contributed by atoms with Crippen molar-refractivity contribution in [3.63, 3.8) is 0 Å². The lowest BCUT2D eigenvalue weighted by molar-refractivity contribution is -0.155. The van der Waals surface area contributed by atoms with E-state index in [0.717, 1.165) is 0 Å². The third kappa shape index (κ3) is 9.00. The van der Waals surface area contributed by atoms with Gasteiger partial charge in [-0.2, -0.15) is 5.10 Å². The Morgan fingerprint density at radius 3 is 2.34 bits per heavy atom. The number of carbonyl (C=O) groups is 4. The Balaban J connectivity index is 1.45. The predicted octanol–water partition coefficient (Wildman–Crippen LogP) is 2.87. The summed E-state index contributed by atoms with van der Waals surface area (Å²) in [5.41, 5.74) is 3.61. The maximum atomic E-state index is 12.8. The summed E-state index contributed by atoms with van der Waals surface area (Å²) in [5.74, 6) is -0.732. The highest BCUT2D eigenvalue weighted by Crippen LogP contribution is 2.15. The van der Waals surface area contributed by atoms with Gasteiger partial charge in [-0.15, -0.1) is 0 Å². The zero-order chi connectivity index (χ0) is 27.3. The number of hydrogen-bond donors (Lipinski definition) is 2. The molecule has 2 N–H and O–H groups in total. The van der Waals surface area contributed by atoms with Crippen molar-refractivity contribution in [2.45, 2.75) is 38.8 Å². The summed E-state index contributed by atoms with van der Waals surface area (Å²) >= 11 is 0. The zero-order valence-electron chi connectivity index (χ0n) is 21.3. The van der Waals surface area contributed by atoms with E-state index in [0.29, 0.717) is 48.5 Å². The van der Waals surface area contributed by atoms with Gasteiger partial charge in [0.15, 0.2) is 12.4 Å². The SMILES string of the molecule is CCOC(=O)NN=Cc1ccc(C(=O)N[C@@H](C)C(=O)c2ccc(OCC(=O)OC3CCOCC3)cc2)cc1. The largest absolute Gasteiger partial charge is 0.482 e. The van der Waals surface area contributed by atoms with Gasteiger partial charge >= 0.3 is 12.1 Å². The van der Waals surface area contributed by atoms with Gasteiger partial charge in [-0.1, -0.05) is 12.1 Å². The van der Waals surface area contributed by atoms with Crippen LogP contribution in [0, 0.1) is 0 Å². The second kappa shape index (κ2) is 14.5. The van der Waals surface area contributed by atoms with Crippen LogP contribution in [0.15, 0.2) is 53.6 Å². The maximum Gasteiger partial charge on any atom is 0.427 e. The molecule has 0 unspecified atom stereocenters. The van der Waals surface area contributed by atoms with Crippen LogP contribution in [0.5, 0.6) is 5.75 Å². The van der Waals surface area contributed by atoms with Gasteiger partial charge in [-0.05, 0) is 55.8 Å². The molecule has 0 aromatic heterocycles. The maximum absolute atomic E-state index is 12.8. The van der Waals surface area contributed by atoms with Crippen molar-refractivity contribution in [2.75, 3.05) is 26.4 Å². The van der Waals surface area contributed by atoms with E-state index in [-0.39, 0.29) is 25.1 Å². The second-order valence-electron chi connectivity index (χ2n) is 8.39. The van der Waals surface area contributed by atoms with Crippen molar-refractivity contribution in [3.8, 4) is 5.75 Å². The minimum absolute atomic E-state index is 0.150. The van der Waals surface area contributed by atoms with Crippen LogP contribution in [0.2, 0.25) is 0 Å². The Morgan fingerprint density at radius 1 is 1.03 bits per heavy atom. The molecule has 38 heavy (non-hydrogen) atoms. The Bertz CT molecular complexity index is 1130. The molecule has 2 aromatic carbocycles. The first-order chi connectivity index (χ1) is 18.4. The highest BCUT2D eigenvalue weighted by Gasteiger charge is 2.20.